The summed E-state index contributed by atoms with van der Waals surface area (Å²) in [5.41, 5.74) is 6.99. The van der Waals surface area contributed by atoms with Crippen LogP contribution in [-0.4, -0.2) is 17.8 Å². The van der Waals surface area contributed by atoms with Crippen LogP contribution in [0, 0.1) is 0 Å². The fourth-order valence-electron chi connectivity index (χ4n) is 1.22. The average Bonchev–Trinajstić information content (AvgIpc) is 2.37. The highest BCUT2D eigenvalue weighted by molar-refractivity contribution is 7.10. The lowest BCUT2D eigenvalue weighted by Crippen LogP contribution is -2.18. The molecule has 1 heterocycles. The highest BCUT2D eigenvalue weighted by Crippen LogP contribution is 2.18. The highest BCUT2D eigenvalue weighted by Gasteiger charge is 2.05. The second kappa shape index (κ2) is 4.60. The van der Waals surface area contributed by atoms with Gasteiger partial charge in [-0.05, 0) is 30.4 Å². The van der Waals surface area contributed by atoms with Crippen LogP contribution in [0.1, 0.15) is 17.4 Å². The minimum Gasteiger partial charge on any atom is -0.396 e. The predicted octanol–water partition coefficient (Wildman–Crippen LogP) is 1.17. The van der Waals surface area contributed by atoms with Crippen molar-refractivity contribution in [3.8, 4) is 0 Å². The largest absolute Gasteiger partial charge is 0.396 e. The zero-order valence-electron chi connectivity index (χ0n) is 7.29. The van der Waals surface area contributed by atoms with Gasteiger partial charge in [0, 0.05) is 23.9 Å². The first-order valence-electron chi connectivity index (χ1n) is 4.15. The van der Waals surface area contributed by atoms with Crippen LogP contribution in [0.5, 0.6) is 0 Å². The SMILES string of the molecule is C[C@H](N)Cc1ccsc1CCO. The predicted molar refractivity (Wildman–Crippen MR) is 52.5 cm³/mol. The van der Waals surface area contributed by atoms with Crippen molar-refractivity contribution in [3.63, 3.8) is 0 Å². The average molecular weight is 185 g/mol. The number of thiophene rings is 1. The van der Waals surface area contributed by atoms with Crippen LogP contribution in [0.25, 0.3) is 0 Å². The van der Waals surface area contributed by atoms with Crippen molar-refractivity contribution < 1.29 is 5.11 Å². The molecule has 0 radical (unpaired) electrons. The van der Waals surface area contributed by atoms with Crippen molar-refractivity contribution in [1.82, 2.24) is 0 Å². The third kappa shape index (κ3) is 2.59. The van der Waals surface area contributed by atoms with Crippen LogP contribution in [0.15, 0.2) is 11.4 Å². The monoisotopic (exact) mass is 185 g/mol. The Balaban J connectivity index is 2.63. The molecule has 68 valence electrons. The van der Waals surface area contributed by atoms with E-state index in [0.717, 1.165) is 12.8 Å². The number of nitrogens with two attached hydrogens (primary N) is 1. The lowest BCUT2D eigenvalue weighted by molar-refractivity contribution is 0.300. The molecule has 1 atom stereocenters. The van der Waals surface area contributed by atoms with Crippen molar-refractivity contribution in [3.05, 3.63) is 21.9 Å². The zero-order valence-corrected chi connectivity index (χ0v) is 8.10. The molecule has 0 aliphatic carbocycles. The van der Waals surface area contributed by atoms with Gasteiger partial charge in [0.2, 0.25) is 0 Å². The van der Waals surface area contributed by atoms with E-state index < -0.39 is 0 Å². The van der Waals surface area contributed by atoms with Gasteiger partial charge in [-0.3, -0.25) is 0 Å². The lowest BCUT2D eigenvalue weighted by atomic mass is 10.1. The van der Waals surface area contributed by atoms with Crippen LogP contribution >= 0.6 is 11.3 Å². The van der Waals surface area contributed by atoms with E-state index in [1.807, 2.05) is 6.92 Å². The molecular weight excluding hydrogens is 170 g/mol. The standard InChI is InChI=1S/C9H15NOS/c1-7(10)6-8-3-5-12-9(8)2-4-11/h3,5,7,11H,2,4,6,10H2,1H3/t7-/m0/s1. The molecule has 0 aliphatic heterocycles. The number of aliphatic hydroxyl groups is 1. The Hall–Kier alpha value is -0.380. The number of hydrogen-bond donors (Lipinski definition) is 2. The van der Waals surface area contributed by atoms with E-state index in [-0.39, 0.29) is 12.6 Å². The quantitative estimate of drug-likeness (QED) is 0.739. The minimum absolute atomic E-state index is 0.206. The van der Waals surface area contributed by atoms with E-state index >= 15 is 0 Å². The summed E-state index contributed by atoms with van der Waals surface area (Å²) in [4.78, 5) is 1.27. The second-order valence-corrected chi connectivity index (χ2v) is 4.02. The smallest absolute Gasteiger partial charge is 0.0479 e. The van der Waals surface area contributed by atoms with E-state index in [4.69, 9.17) is 10.8 Å². The molecule has 0 amide bonds. The van der Waals surface area contributed by atoms with Gasteiger partial charge >= 0.3 is 0 Å². The maximum absolute atomic E-state index is 8.77. The summed E-state index contributed by atoms with van der Waals surface area (Å²) < 4.78 is 0. The molecule has 0 bridgehead atoms. The van der Waals surface area contributed by atoms with E-state index in [0.29, 0.717) is 0 Å². The van der Waals surface area contributed by atoms with Gasteiger partial charge in [0.05, 0.1) is 0 Å². The van der Waals surface area contributed by atoms with Gasteiger partial charge in [0.15, 0.2) is 0 Å². The van der Waals surface area contributed by atoms with Crippen molar-refractivity contribution in [1.29, 1.82) is 0 Å². The summed E-state index contributed by atoms with van der Waals surface area (Å²) in [7, 11) is 0. The Morgan fingerprint density at radius 2 is 2.42 bits per heavy atom. The van der Waals surface area contributed by atoms with E-state index in [1.165, 1.54) is 10.4 Å². The molecule has 3 N–H and O–H groups in total. The summed E-state index contributed by atoms with van der Waals surface area (Å²) in [6, 6.07) is 2.30. The van der Waals surface area contributed by atoms with Crippen LogP contribution in [0.4, 0.5) is 0 Å². The second-order valence-electron chi connectivity index (χ2n) is 3.02. The summed E-state index contributed by atoms with van der Waals surface area (Å²) in [6.45, 7) is 2.23. The number of hydrogen-bond acceptors (Lipinski definition) is 3. The maximum Gasteiger partial charge on any atom is 0.0479 e. The Kier molecular flexibility index (Phi) is 3.72. The fourth-order valence-corrected chi connectivity index (χ4v) is 2.13. The molecule has 12 heavy (non-hydrogen) atoms. The van der Waals surface area contributed by atoms with Gasteiger partial charge in [-0.1, -0.05) is 0 Å². The highest BCUT2D eigenvalue weighted by atomic mass is 32.1. The molecule has 0 aliphatic rings. The van der Waals surface area contributed by atoms with Gasteiger partial charge in [-0.25, -0.2) is 0 Å². The Bertz CT molecular complexity index is 232. The fraction of sp³-hybridized carbons (Fsp3) is 0.556. The first-order valence-corrected chi connectivity index (χ1v) is 5.03. The topological polar surface area (TPSA) is 46.2 Å². The summed E-state index contributed by atoms with van der Waals surface area (Å²) in [5, 5.41) is 10.8. The van der Waals surface area contributed by atoms with Crippen molar-refractivity contribution >= 4 is 11.3 Å². The summed E-state index contributed by atoms with van der Waals surface area (Å²) in [6.07, 6.45) is 1.68. The van der Waals surface area contributed by atoms with Gasteiger partial charge in [0.25, 0.3) is 0 Å². The first-order chi connectivity index (χ1) is 5.74. The van der Waals surface area contributed by atoms with Crippen molar-refractivity contribution in [2.75, 3.05) is 6.61 Å². The normalized spacial score (nSPS) is 13.2. The number of rotatable bonds is 4. The van der Waals surface area contributed by atoms with Gasteiger partial charge in [-0.2, -0.15) is 0 Å². The molecule has 0 saturated heterocycles. The van der Waals surface area contributed by atoms with E-state index in [1.54, 1.807) is 11.3 Å². The lowest BCUT2D eigenvalue weighted by Gasteiger charge is -2.04. The molecule has 1 aromatic heterocycles. The molecule has 1 aromatic rings. The summed E-state index contributed by atoms with van der Waals surface area (Å²) in [5.74, 6) is 0. The first kappa shape index (κ1) is 9.71. The molecule has 3 heteroatoms. The Morgan fingerprint density at radius 1 is 1.67 bits per heavy atom. The molecule has 0 fully saturated rings. The molecule has 0 saturated carbocycles. The van der Waals surface area contributed by atoms with E-state index in [9.17, 15) is 0 Å². The van der Waals surface area contributed by atoms with E-state index in [2.05, 4.69) is 11.4 Å². The maximum atomic E-state index is 8.77. The Labute approximate surface area is 77.0 Å². The minimum atomic E-state index is 0.206. The molecule has 0 aromatic carbocycles. The van der Waals surface area contributed by atoms with Crippen LogP contribution in [-0.2, 0) is 12.8 Å². The summed E-state index contributed by atoms with van der Waals surface area (Å²) >= 11 is 1.70. The van der Waals surface area contributed by atoms with Crippen molar-refractivity contribution in [2.45, 2.75) is 25.8 Å². The van der Waals surface area contributed by atoms with Gasteiger partial charge in [0.1, 0.15) is 0 Å². The van der Waals surface area contributed by atoms with Crippen molar-refractivity contribution in [2.24, 2.45) is 5.73 Å². The third-order valence-electron chi connectivity index (χ3n) is 1.72. The third-order valence-corrected chi connectivity index (χ3v) is 2.74. The molecule has 0 unspecified atom stereocenters. The Morgan fingerprint density at radius 3 is 3.00 bits per heavy atom. The van der Waals surface area contributed by atoms with Gasteiger partial charge in [-0.15, -0.1) is 11.3 Å². The molecule has 1 rings (SSSR count). The van der Waals surface area contributed by atoms with Crippen LogP contribution < -0.4 is 5.73 Å². The van der Waals surface area contributed by atoms with Crippen LogP contribution in [0.2, 0.25) is 0 Å². The molecular formula is C9H15NOS. The van der Waals surface area contributed by atoms with Crippen LogP contribution in [0.3, 0.4) is 0 Å². The number of aliphatic hydroxyl groups excluding tert-OH is 1. The molecule has 2 nitrogen and oxygen atoms in total. The zero-order chi connectivity index (χ0) is 8.97. The molecule has 0 spiro atoms. The van der Waals surface area contributed by atoms with Gasteiger partial charge < -0.3 is 10.8 Å².